The second kappa shape index (κ2) is 6.57. The van der Waals surface area contributed by atoms with Crippen LogP contribution >= 0.6 is 23.4 Å². The first-order valence-electron chi connectivity index (χ1n) is 6.25. The molecule has 1 aromatic rings. The van der Waals surface area contributed by atoms with Crippen LogP contribution in [0.1, 0.15) is 36.0 Å². The van der Waals surface area contributed by atoms with Gasteiger partial charge in [0.2, 0.25) is 0 Å². The van der Waals surface area contributed by atoms with Crippen LogP contribution in [0.25, 0.3) is 0 Å². The summed E-state index contributed by atoms with van der Waals surface area (Å²) < 4.78 is 13.1. The van der Waals surface area contributed by atoms with Gasteiger partial charge in [-0.1, -0.05) is 18.0 Å². The lowest BCUT2D eigenvalue weighted by Crippen LogP contribution is -2.39. The van der Waals surface area contributed by atoms with Crippen molar-refractivity contribution in [3.8, 4) is 0 Å². The molecule has 2 unspecified atom stereocenters. The predicted octanol–water partition coefficient (Wildman–Crippen LogP) is 3.28. The van der Waals surface area contributed by atoms with E-state index in [2.05, 4.69) is 16.6 Å². The molecular weight excluding hydrogens is 287 g/mol. The first-order valence-corrected chi connectivity index (χ1v) is 7.91. The highest BCUT2D eigenvalue weighted by Gasteiger charge is 2.24. The van der Waals surface area contributed by atoms with Crippen LogP contribution in [0, 0.1) is 5.82 Å². The van der Waals surface area contributed by atoms with Crippen molar-refractivity contribution >= 4 is 29.3 Å². The van der Waals surface area contributed by atoms with E-state index < -0.39 is 5.82 Å². The van der Waals surface area contributed by atoms with Crippen molar-refractivity contribution in [2.45, 2.75) is 37.0 Å². The molecule has 19 heavy (non-hydrogen) atoms. The molecule has 1 aromatic heterocycles. The predicted molar refractivity (Wildman–Crippen MR) is 76.2 cm³/mol. The largest absolute Gasteiger partial charge is 0.349 e. The Morgan fingerprint density at radius 3 is 3.11 bits per heavy atom. The molecule has 6 heteroatoms. The van der Waals surface area contributed by atoms with E-state index in [1.807, 2.05) is 11.8 Å². The highest BCUT2D eigenvalue weighted by Crippen LogP contribution is 2.27. The number of rotatable bonds is 3. The third-order valence-corrected chi connectivity index (χ3v) is 4.74. The lowest BCUT2D eigenvalue weighted by Gasteiger charge is -2.28. The number of aromatic nitrogens is 1. The molecule has 0 aliphatic heterocycles. The molecule has 0 saturated heterocycles. The van der Waals surface area contributed by atoms with Gasteiger partial charge in [-0.25, -0.2) is 9.37 Å². The molecule has 1 fully saturated rings. The van der Waals surface area contributed by atoms with Crippen molar-refractivity contribution in [2.24, 2.45) is 0 Å². The van der Waals surface area contributed by atoms with E-state index in [9.17, 15) is 9.18 Å². The van der Waals surface area contributed by atoms with Gasteiger partial charge in [0.05, 0.1) is 11.8 Å². The number of carbonyl (C=O) groups excluding carboxylic acids is 1. The van der Waals surface area contributed by atoms with E-state index in [4.69, 9.17) is 11.6 Å². The molecule has 0 spiro atoms. The Balaban J connectivity index is 2.02. The van der Waals surface area contributed by atoms with Crippen LogP contribution in [0.5, 0.6) is 0 Å². The number of carbonyl (C=O) groups is 1. The van der Waals surface area contributed by atoms with E-state index in [0.717, 1.165) is 31.5 Å². The topological polar surface area (TPSA) is 42.0 Å². The molecule has 2 rings (SSSR count). The number of amides is 1. The van der Waals surface area contributed by atoms with Gasteiger partial charge >= 0.3 is 0 Å². The highest BCUT2D eigenvalue weighted by molar-refractivity contribution is 7.99. The van der Waals surface area contributed by atoms with Gasteiger partial charge < -0.3 is 5.32 Å². The zero-order chi connectivity index (χ0) is 13.8. The lowest BCUT2D eigenvalue weighted by molar-refractivity contribution is 0.0928. The normalized spacial score (nSPS) is 23.1. The van der Waals surface area contributed by atoms with Crippen LogP contribution in [0.2, 0.25) is 5.15 Å². The van der Waals surface area contributed by atoms with Crippen molar-refractivity contribution in [1.82, 2.24) is 10.3 Å². The maximum atomic E-state index is 13.1. The fraction of sp³-hybridized carbons (Fsp3) is 0.538. The summed E-state index contributed by atoms with van der Waals surface area (Å²) in [5.41, 5.74) is 0.105. The highest BCUT2D eigenvalue weighted by atomic mass is 35.5. The molecular formula is C13H16ClFN2OS. The van der Waals surface area contributed by atoms with E-state index in [0.29, 0.717) is 5.25 Å². The Labute approximate surface area is 121 Å². The van der Waals surface area contributed by atoms with Gasteiger partial charge in [0.1, 0.15) is 11.0 Å². The van der Waals surface area contributed by atoms with Crippen molar-refractivity contribution in [2.75, 3.05) is 6.26 Å². The van der Waals surface area contributed by atoms with Gasteiger partial charge in [-0.2, -0.15) is 11.8 Å². The summed E-state index contributed by atoms with van der Waals surface area (Å²) in [6.45, 7) is 0. The Morgan fingerprint density at radius 1 is 1.58 bits per heavy atom. The zero-order valence-corrected chi connectivity index (χ0v) is 12.2. The number of nitrogens with zero attached hydrogens (tertiary/aromatic N) is 1. The summed E-state index contributed by atoms with van der Waals surface area (Å²) in [5, 5.41) is 3.55. The molecule has 1 N–H and O–H groups in total. The van der Waals surface area contributed by atoms with Gasteiger partial charge in [-0.3, -0.25) is 4.79 Å². The number of nitrogens with one attached hydrogen (secondary N) is 1. The van der Waals surface area contributed by atoms with Crippen LogP contribution in [-0.2, 0) is 0 Å². The molecule has 3 nitrogen and oxygen atoms in total. The van der Waals surface area contributed by atoms with Gasteiger partial charge in [-0.05, 0) is 31.6 Å². The number of halogens is 2. The molecule has 104 valence electrons. The Bertz CT molecular complexity index is 472. The third-order valence-electron chi connectivity index (χ3n) is 3.34. The number of thioether (sulfide) groups is 1. The van der Waals surface area contributed by atoms with Crippen LogP contribution in [0.4, 0.5) is 4.39 Å². The molecule has 0 bridgehead atoms. The molecule has 1 saturated carbocycles. The van der Waals surface area contributed by atoms with Crippen LogP contribution in [0.3, 0.4) is 0 Å². The first-order chi connectivity index (χ1) is 9.10. The van der Waals surface area contributed by atoms with E-state index in [1.165, 1.54) is 6.42 Å². The Morgan fingerprint density at radius 2 is 2.37 bits per heavy atom. The van der Waals surface area contributed by atoms with Gasteiger partial charge in [0.15, 0.2) is 0 Å². The van der Waals surface area contributed by atoms with Gasteiger partial charge in [0.25, 0.3) is 5.91 Å². The molecule has 1 heterocycles. The fourth-order valence-corrected chi connectivity index (χ4v) is 3.35. The summed E-state index contributed by atoms with van der Waals surface area (Å²) in [6.07, 6.45) is 7.30. The smallest absolute Gasteiger partial charge is 0.254 e. The maximum Gasteiger partial charge on any atom is 0.254 e. The van der Waals surface area contributed by atoms with Crippen LogP contribution in [-0.4, -0.2) is 28.4 Å². The summed E-state index contributed by atoms with van der Waals surface area (Å²) >= 11 is 7.65. The second-order valence-corrected chi connectivity index (χ2v) is 6.18. The number of hydrogen-bond donors (Lipinski definition) is 1. The third kappa shape index (κ3) is 3.83. The van der Waals surface area contributed by atoms with E-state index >= 15 is 0 Å². The van der Waals surface area contributed by atoms with Gasteiger partial charge in [0, 0.05) is 11.3 Å². The summed E-state index contributed by atoms with van der Waals surface area (Å²) in [6, 6.07) is 1.26. The minimum Gasteiger partial charge on any atom is -0.349 e. The molecule has 0 radical (unpaired) electrons. The van der Waals surface area contributed by atoms with Crippen LogP contribution < -0.4 is 5.32 Å². The van der Waals surface area contributed by atoms with E-state index in [1.54, 1.807) is 0 Å². The Hall–Kier alpha value is -0.810. The maximum absolute atomic E-state index is 13.1. The quantitative estimate of drug-likeness (QED) is 0.871. The molecule has 1 aliphatic rings. The van der Waals surface area contributed by atoms with Crippen molar-refractivity contribution in [3.63, 3.8) is 0 Å². The Kier molecular flexibility index (Phi) is 5.05. The molecule has 2 atom stereocenters. The number of hydrogen-bond acceptors (Lipinski definition) is 3. The van der Waals surface area contributed by atoms with Crippen molar-refractivity contribution in [3.05, 3.63) is 28.8 Å². The summed E-state index contributed by atoms with van der Waals surface area (Å²) in [5.74, 6) is -0.899. The molecule has 1 amide bonds. The lowest BCUT2D eigenvalue weighted by atomic mass is 9.95. The van der Waals surface area contributed by atoms with Crippen molar-refractivity contribution < 1.29 is 9.18 Å². The first kappa shape index (κ1) is 14.6. The van der Waals surface area contributed by atoms with Gasteiger partial charge in [-0.15, -0.1) is 0 Å². The second-order valence-electron chi connectivity index (χ2n) is 4.69. The van der Waals surface area contributed by atoms with Crippen molar-refractivity contribution in [1.29, 1.82) is 0 Å². The van der Waals surface area contributed by atoms with Crippen LogP contribution in [0.15, 0.2) is 12.3 Å². The van der Waals surface area contributed by atoms with E-state index in [-0.39, 0.29) is 22.7 Å². The zero-order valence-electron chi connectivity index (χ0n) is 10.7. The minimum absolute atomic E-state index is 0.0381. The number of pyridine rings is 1. The standard InChI is InChI=1S/C13H16ClFN2OS/c1-19-10-4-2-3-9(6-10)17-13(18)11-5-8(15)7-16-12(11)14/h5,7,9-10H,2-4,6H2,1H3,(H,17,18). The molecule has 1 aliphatic carbocycles. The summed E-state index contributed by atoms with van der Waals surface area (Å²) in [7, 11) is 0. The average Bonchev–Trinajstić information content (AvgIpc) is 2.41. The minimum atomic E-state index is -0.555. The fourth-order valence-electron chi connectivity index (χ4n) is 2.34. The average molecular weight is 303 g/mol. The SMILES string of the molecule is CSC1CCCC(NC(=O)c2cc(F)cnc2Cl)C1. The monoisotopic (exact) mass is 302 g/mol. The molecule has 0 aromatic carbocycles. The summed E-state index contributed by atoms with van der Waals surface area (Å²) in [4.78, 5) is 15.7.